The lowest BCUT2D eigenvalue weighted by Gasteiger charge is -2.27. The number of carboxylic acids is 1. The van der Waals surface area contributed by atoms with Crippen molar-refractivity contribution in [2.24, 2.45) is 11.5 Å². The third kappa shape index (κ3) is 2.82. The maximum atomic E-state index is 10.7. The van der Waals surface area contributed by atoms with Gasteiger partial charge in [-0.25, -0.2) is 0 Å². The Morgan fingerprint density at radius 2 is 2.07 bits per heavy atom. The SMILES string of the molecule is C=CC(O)[C@](N)(CCC(N)=O)C(=O)O. The number of carboxylic acid groups (broad SMARTS) is 1. The summed E-state index contributed by atoms with van der Waals surface area (Å²) in [5.41, 5.74) is 8.36. The highest BCUT2D eigenvalue weighted by atomic mass is 16.4. The summed E-state index contributed by atoms with van der Waals surface area (Å²) in [6, 6.07) is 0. The number of hydrogen-bond donors (Lipinski definition) is 4. The molecule has 0 aliphatic carbocycles. The quantitative estimate of drug-likeness (QED) is 0.393. The van der Waals surface area contributed by atoms with E-state index in [-0.39, 0.29) is 12.8 Å². The molecule has 0 radical (unpaired) electrons. The van der Waals surface area contributed by atoms with Crippen molar-refractivity contribution in [2.45, 2.75) is 24.5 Å². The summed E-state index contributed by atoms with van der Waals surface area (Å²) >= 11 is 0. The molecule has 6 nitrogen and oxygen atoms in total. The molecule has 0 aromatic heterocycles. The van der Waals surface area contributed by atoms with Gasteiger partial charge in [0.05, 0.1) is 0 Å². The van der Waals surface area contributed by atoms with Crippen LogP contribution in [0.25, 0.3) is 0 Å². The van der Waals surface area contributed by atoms with Gasteiger partial charge >= 0.3 is 5.97 Å². The van der Waals surface area contributed by atoms with Crippen LogP contribution in [-0.4, -0.2) is 33.7 Å². The molecule has 0 aromatic rings. The van der Waals surface area contributed by atoms with Crippen molar-refractivity contribution in [2.75, 3.05) is 0 Å². The lowest BCUT2D eigenvalue weighted by Crippen LogP contribution is -2.57. The highest BCUT2D eigenvalue weighted by molar-refractivity contribution is 5.81. The van der Waals surface area contributed by atoms with Crippen LogP contribution in [0.1, 0.15) is 12.8 Å². The molecule has 1 unspecified atom stereocenters. The van der Waals surface area contributed by atoms with Gasteiger partial charge in [-0.05, 0) is 6.42 Å². The Balaban J connectivity index is 4.63. The van der Waals surface area contributed by atoms with Crippen LogP contribution in [0.5, 0.6) is 0 Å². The number of amides is 1. The van der Waals surface area contributed by atoms with Crippen molar-refractivity contribution in [3.8, 4) is 0 Å². The minimum atomic E-state index is -1.91. The van der Waals surface area contributed by atoms with Gasteiger partial charge in [0.1, 0.15) is 11.6 Å². The van der Waals surface area contributed by atoms with Gasteiger partial charge in [0.15, 0.2) is 0 Å². The topological polar surface area (TPSA) is 127 Å². The maximum absolute atomic E-state index is 10.7. The van der Waals surface area contributed by atoms with E-state index in [0.29, 0.717) is 0 Å². The van der Waals surface area contributed by atoms with E-state index < -0.39 is 23.5 Å². The van der Waals surface area contributed by atoms with E-state index in [0.717, 1.165) is 6.08 Å². The number of carbonyl (C=O) groups is 2. The molecule has 2 atom stereocenters. The lowest BCUT2D eigenvalue weighted by molar-refractivity contribution is -0.147. The molecule has 6 N–H and O–H groups in total. The summed E-state index contributed by atoms with van der Waals surface area (Å²) < 4.78 is 0. The summed E-state index contributed by atoms with van der Waals surface area (Å²) in [5, 5.41) is 18.0. The molecule has 0 spiro atoms. The van der Waals surface area contributed by atoms with Crippen molar-refractivity contribution in [1.29, 1.82) is 0 Å². The van der Waals surface area contributed by atoms with E-state index in [9.17, 15) is 14.7 Å². The predicted octanol–water partition coefficient (Wildman–Crippen LogP) is -1.42. The van der Waals surface area contributed by atoms with Crippen molar-refractivity contribution < 1.29 is 19.8 Å². The Kier molecular flexibility index (Phi) is 4.26. The number of nitrogens with two attached hydrogens (primary N) is 2. The van der Waals surface area contributed by atoms with E-state index in [1.165, 1.54) is 0 Å². The first kappa shape index (κ1) is 12.6. The molecule has 80 valence electrons. The molecule has 0 saturated carbocycles. The number of aliphatic carboxylic acids is 1. The molecule has 0 saturated heterocycles. The van der Waals surface area contributed by atoms with Crippen LogP contribution in [-0.2, 0) is 9.59 Å². The van der Waals surface area contributed by atoms with Gasteiger partial charge < -0.3 is 21.7 Å². The van der Waals surface area contributed by atoms with Gasteiger partial charge in [0.2, 0.25) is 5.91 Å². The standard InChI is InChI=1S/C8H14N2O4/c1-2-5(11)8(10,7(13)14)4-3-6(9)12/h2,5,11H,1,3-4,10H2,(H2,9,12)(H,13,14)/t5?,8-/m1/s1. The van der Waals surface area contributed by atoms with E-state index in [2.05, 4.69) is 6.58 Å². The summed E-state index contributed by atoms with van der Waals surface area (Å²) in [6.07, 6.45) is -0.840. The first-order chi connectivity index (χ1) is 6.34. The van der Waals surface area contributed by atoms with Crippen LogP contribution in [0.4, 0.5) is 0 Å². The first-order valence-corrected chi connectivity index (χ1v) is 3.95. The number of primary amides is 1. The molecule has 0 rings (SSSR count). The van der Waals surface area contributed by atoms with Gasteiger partial charge in [0, 0.05) is 6.42 Å². The minimum Gasteiger partial charge on any atom is -0.480 e. The maximum Gasteiger partial charge on any atom is 0.326 e. The fourth-order valence-corrected chi connectivity index (χ4v) is 0.922. The molecular formula is C8H14N2O4. The Labute approximate surface area is 81.2 Å². The van der Waals surface area contributed by atoms with Crippen LogP contribution >= 0.6 is 0 Å². The molecule has 0 aliphatic heterocycles. The summed E-state index contributed by atoms with van der Waals surface area (Å²) in [6.45, 7) is 3.23. The molecule has 0 bridgehead atoms. The summed E-state index contributed by atoms with van der Waals surface area (Å²) in [5.74, 6) is -2.07. The normalized spacial score (nSPS) is 16.7. The molecule has 0 fully saturated rings. The fraction of sp³-hybridized carbons (Fsp3) is 0.500. The minimum absolute atomic E-state index is 0.201. The van der Waals surface area contributed by atoms with Gasteiger partial charge in [-0.1, -0.05) is 6.08 Å². The Morgan fingerprint density at radius 1 is 1.57 bits per heavy atom. The molecule has 0 aliphatic rings. The molecule has 6 heteroatoms. The van der Waals surface area contributed by atoms with Crippen LogP contribution in [0, 0.1) is 0 Å². The van der Waals surface area contributed by atoms with Gasteiger partial charge in [-0.3, -0.25) is 9.59 Å². The van der Waals surface area contributed by atoms with E-state index in [1.807, 2.05) is 0 Å². The molecule has 1 amide bonds. The number of carbonyl (C=O) groups excluding carboxylic acids is 1. The monoisotopic (exact) mass is 202 g/mol. The molecular weight excluding hydrogens is 188 g/mol. The fourth-order valence-electron chi connectivity index (χ4n) is 0.922. The lowest BCUT2D eigenvalue weighted by atomic mass is 9.88. The average molecular weight is 202 g/mol. The van der Waals surface area contributed by atoms with Crippen LogP contribution in [0.3, 0.4) is 0 Å². The summed E-state index contributed by atoms with van der Waals surface area (Å²) in [7, 11) is 0. The first-order valence-electron chi connectivity index (χ1n) is 3.95. The summed E-state index contributed by atoms with van der Waals surface area (Å²) in [4.78, 5) is 21.2. The number of hydrogen-bond acceptors (Lipinski definition) is 4. The zero-order chi connectivity index (χ0) is 11.4. The van der Waals surface area contributed by atoms with E-state index >= 15 is 0 Å². The van der Waals surface area contributed by atoms with Crippen LogP contribution in [0.2, 0.25) is 0 Å². The van der Waals surface area contributed by atoms with Crippen molar-refractivity contribution >= 4 is 11.9 Å². The molecule has 0 aromatic carbocycles. The largest absolute Gasteiger partial charge is 0.480 e. The third-order valence-corrected chi connectivity index (χ3v) is 1.93. The second-order valence-electron chi connectivity index (χ2n) is 2.99. The zero-order valence-electron chi connectivity index (χ0n) is 7.64. The van der Waals surface area contributed by atoms with E-state index in [1.54, 1.807) is 0 Å². The van der Waals surface area contributed by atoms with Crippen molar-refractivity contribution in [1.82, 2.24) is 0 Å². The van der Waals surface area contributed by atoms with E-state index in [4.69, 9.17) is 16.6 Å². The number of rotatable bonds is 6. The van der Waals surface area contributed by atoms with Crippen molar-refractivity contribution in [3.63, 3.8) is 0 Å². The van der Waals surface area contributed by atoms with Gasteiger partial charge in [0.25, 0.3) is 0 Å². The van der Waals surface area contributed by atoms with Crippen molar-refractivity contribution in [3.05, 3.63) is 12.7 Å². The van der Waals surface area contributed by atoms with Gasteiger partial charge in [-0.15, -0.1) is 6.58 Å². The predicted molar refractivity (Wildman–Crippen MR) is 49.2 cm³/mol. The Bertz CT molecular complexity index is 254. The molecule has 0 heterocycles. The Hall–Kier alpha value is -1.40. The zero-order valence-corrected chi connectivity index (χ0v) is 7.64. The highest BCUT2D eigenvalue weighted by Gasteiger charge is 2.40. The number of aliphatic hydroxyl groups is 1. The third-order valence-electron chi connectivity index (χ3n) is 1.93. The second-order valence-corrected chi connectivity index (χ2v) is 2.99. The average Bonchev–Trinajstić information content (AvgIpc) is 2.12. The highest BCUT2D eigenvalue weighted by Crippen LogP contribution is 2.16. The van der Waals surface area contributed by atoms with Crippen LogP contribution < -0.4 is 11.5 Å². The number of aliphatic hydroxyl groups excluding tert-OH is 1. The van der Waals surface area contributed by atoms with Gasteiger partial charge in [-0.2, -0.15) is 0 Å². The Morgan fingerprint density at radius 3 is 2.36 bits per heavy atom. The molecule has 14 heavy (non-hydrogen) atoms. The second kappa shape index (κ2) is 4.73. The smallest absolute Gasteiger partial charge is 0.326 e. The van der Waals surface area contributed by atoms with Crippen LogP contribution in [0.15, 0.2) is 12.7 Å².